The third kappa shape index (κ3) is 3.41. The summed E-state index contributed by atoms with van der Waals surface area (Å²) in [5.74, 6) is 1.42. The van der Waals surface area contributed by atoms with E-state index >= 15 is 0 Å². The van der Waals surface area contributed by atoms with Crippen LogP contribution in [-0.2, 0) is 9.53 Å². The van der Waals surface area contributed by atoms with E-state index in [1.807, 2.05) is 13.8 Å². The molecule has 82 valence electrons. The molecule has 0 bridgehead atoms. The second-order valence-corrected chi connectivity index (χ2v) is 5.04. The first-order valence-corrected chi connectivity index (χ1v) is 5.67. The number of carbonyl (C=O) groups is 1. The second kappa shape index (κ2) is 4.92. The first-order valence-electron chi connectivity index (χ1n) is 5.67. The van der Waals surface area contributed by atoms with Crippen LogP contribution in [-0.4, -0.2) is 18.5 Å². The van der Waals surface area contributed by atoms with Crippen LogP contribution < -0.4 is 0 Å². The van der Waals surface area contributed by atoms with Crippen molar-refractivity contribution in [2.24, 2.45) is 17.8 Å². The monoisotopic (exact) mass is 198 g/mol. The Hall–Kier alpha value is -0.370. The fourth-order valence-corrected chi connectivity index (χ4v) is 1.47. The Balaban J connectivity index is 2.42. The van der Waals surface area contributed by atoms with Gasteiger partial charge in [-0.05, 0) is 24.7 Å². The Morgan fingerprint density at radius 3 is 2.21 bits per heavy atom. The van der Waals surface area contributed by atoms with E-state index in [1.54, 1.807) is 0 Å². The molecule has 1 aliphatic rings. The largest absolute Gasteiger partial charge is 0.370 e. The topological polar surface area (TPSA) is 26.3 Å². The van der Waals surface area contributed by atoms with Crippen LogP contribution in [0.5, 0.6) is 0 Å². The Kier molecular flexibility index (Phi) is 4.11. The molecule has 0 aromatic rings. The molecule has 0 amide bonds. The molecule has 14 heavy (non-hydrogen) atoms. The highest BCUT2D eigenvalue weighted by Crippen LogP contribution is 2.35. The minimum absolute atomic E-state index is 0.104. The fourth-order valence-electron chi connectivity index (χ4n) is 1.47. The lowest BCUT2D eigenvalue weighted by molar-refractivity contribution is -0.135. The average molecular weight is 198 g/mol. The zero-order valence-corrected chi connectivity index (χ0v) is 9.75. The molecule has 1 fully saturated rings. The highest BCUT2D eigenvalue weighted by atomic mass is 16.5. The minimum Gasteiger partial charge on any atom is -0.370 e. The van der Waals surface area contributed by atoms with Crippen molar-refractivity contribution >= 4 is 5.78 Å². The van der Waals surface area contributed by atoms with E-state index in [9.17, 15) is 4.79 Å². The summed E-state index contributed by atoms with van der Waals surface area (Å²) in [4.78, 5) is 11.8. The average Bonchev–Trinajstić information content (AvgIpc) is 2.87. The van der Waals surface area contributed by atoms with Crippen LogP contribution in [0.15, 0.2) is 0 Å². The number of ether oxygens (including phenoxy) is 1. The van der Waals surface area contributed by atoms with E-state index < -0.39 is 0 Å². The van der Waals surface area contributed by atoms with Gasteiger partial charge in [0, 0.05) is 12.5 Å². The molecular weight excluding hydrogens is 176 g/mol. The van der Waals surface area contributed by atoms with Gasteiger partial charge in [-0.1, -0.05) is 27.7 Å². The Labute approximate surface area is 87.0 Å². The maximum atomic E-state index is 11.8. The SMILES string of the molecule is CC(C)CO[C@H](C(=O)C(C)C)C1CC1. The van der Waals surface area contributed by atoms with Crippen LogP contribution in [0.2, 0.25) is 0 Å². The maximum absolute atomic E-state index is 11.8. The van der Waals surface area contributed by atoms with Crippen molar-refractivity contribution in [2.75, 3.05) is 6.61 Å². The van der Waals surface area contributed by atoms with Crippen LogP contribution in [0.3, 0.4) is 0 Å². The predicted octanol–water partition coefficient (Wildman–Crippen LogP) is 2.66. The van der Waals surface area contributed by atoms with Gasteiger partial charge in [0.15, 0.2) is 5.78 Å². The molecule has 0 heterocycles. The molecule has 1 rings (SSSR count). The zero-order chi connectivity index (χ0) is 10.7. The van der Waals surface area contributed by atoms with Crippen molar-refractivity contribution in [1.82, 2.24) is 0 Å². The normalized spacial score (nSPS) is 19.0. The van der Waals surface area contributed by atoms with E-state index in [1.165, 1.54) is 12.8 Å². The highest BCUT2D eigenvalue weighted by molar-refractivity contribution is 5.85. The number of ketones is 1. The number of rotatable bonds is 6. The highest BCUT2D eigenvalue weighted by Gasteiger charge is 2.37. The summed E-state index contributed by atoms with van der Waals surface area (Å²) >= 11 is 0. The van der Waals surface area contributed by atoms with E-state index in [0.717, 1.165) is 0 Å². The Morgan fingerprint density at radius 2 is 1.86 bits per heavy atom. The molecule has 2 nitrogen and oxygen atoms in total. The van der Waals surface area contributed by atoms with Crippen molar-refractivity contribution in [3.05, 3.63) is 0 Å². The quantitative estimate of drug-likeness (QED) is 0.656. The maximum Gasteiger partial charge on any atom is 0.164 e. The molecule has 1 saturated carbocycles. The first-order chi connectivity index (χ1) is 6.52. The van der Waals surface area contributed by atoms with Crippen molar-refractivity contribution in [1.29, 1.82) is 0 Å². The number of carbonyl (C=O) groups excluding carboxylic acids is 1. The Morgan fingerprint density at radius 1 is 1.29 bits per heavy atom. The van der Waals surface area contributed by atoms with Crippen LogP contribution in [0.1, 0.15) is 40.5 Å². The summed E-state index contributed by atoms with van der Waals surface area (Å²) in [6.45, 7) is 8.85. The van der Waals surface area contributed by atoms with Gasteiger partial charge in [-0.25, -0.2) is 0 Å². The van der Waals surface area contributed by atoms with Gasteiger partial charge in [-0.2, -0.15) is 0 Å². The van der Waals surface area contributed by atoms with Crippen molar-refractivity contribution in [2.45, 2.75) is 46.6 Å². The second-order valence-electron chi connectivity index (χ2n) is 5.04. The number of hydrogen-bond donors (Lipinski definition) is 0. The smallest absolute Gasteiger partial charge is 0.164 e. The molecule has 2 heteroatoms. The summed E-state index contributed by atoms with van der Waals surface area (Å²) in [5, 5.41) is 0. The molecule has 0 N–H and O–H groups in total. The van der Waals surface area contributed by atoms with Crippen LogP contribution >= 0.6 is 0 Å². The van der Waals surface area contributed by atoms with E-state index in [-0.39, 0.29) is 17.8 Å². The summed E-state index contributed by atoms with van der Waals surface area (Å²) in [6, 6.07) is 0. The lowest BCUT2D eigenvalue weighted by Gasteiger charge is -2.19. The summed E-state index contributed by atoms with van der Waals surface area (Å²) in [7, 11) is 0. The lowest BCUT2D eigenvalue weighted by atomic mass is 10.0. The molecule has 0 spiro atoms. The fraction of sp³-hybridized carbons (Fsp3) is 0.917. The van der Waals surface area contributed by atoms with Crippen LogP contribution in [0.25, 0.3) is 0 Å². The third-order valence-corrected chi connectivity index (χ3v) is 2.51. The molecule has 0 aromatic carbocycles. The van der Waals surface area contributed by atoms with E-state index in [0.29, 0.717) is 18.4 Å². The van der Waals surface area contributed by atoms with E-state index in [4.69, 9.17) is 4.74 Å². The van der Waals surface area contributed by atoms with Gasteiger partial charge in [-0.3, -0.25) is 4.79 Å². The Bertz CT molecular complexity index is 192. The van der Waals surface area contributed by atoms with Gasteiger partial charge in [-0.15, -0.1) is 0 Å². The molecular formula is C12H22O2. The van der Waals surface area contributed by atoms with Gasteiger partial charge < -0.3 is 4.74 Å². The standard InChI is InChI=1S/C12H22O2/c1-8(2)7-14-12(10-5-6-10)11(13)9(3)4/h8-10,12H,5-7H2,1-4H3/t12-/m0/s1. The van der Waals surface area contributed by atoms with Crippen molar-refractivity contribution in [3.63, 3.8) is 0 Å². The van der Waals surface area contributed by atoms with E-state index in [2.05, 4.69) is 13.8 Å². The summed E-state index contributed by atoms with van der Waals surface area (Å²) in [5.41, 5.74) is 0. The van der Waals surface area contributed by atoms with Gasteiger partial charge in [0.2, 0.25) is 0 Å². The van der Waals surface area contributed by atoms with Crippen LogP contribution in [0.4, 0.5) is 0 Å². The van der Waals surface area contributed by atoms with Crippen LogP contribution in [0, 0.1) is 17.8 Å². The third-order valence-electron chi connectivity index (χ3n) is 2.51. The summed E-state index contributed by atoms with van der Waals surface area (Å²) < 4.78 is 5.70. The molecule has 0 radical (unpaired) electrons. The predicted molar refractivity (Wildman–Crippen MR) is 57.1 cm³/mol. The molecule has 0 saturated heterocycles. The zero-order valence-electron chi connectivity index (χ0n) is 9.75. The summed E-state index contributed by atoms with van der Waals surface area (Å²) in [6.07, 6.45) is 2.22. The van der Waals surface area contributed by atoms with Gasteiger partial charge in [0.05, 0.1) is 0 Å². The lowest BCUT2D eigenvalue weighted by Crippen LogP contribution is -2.31. The van der Waals surface area contributed by atoms with Gasteiger partial charge in [0.1, 0.15) is 6.10 Å². The molecule has 0 unspecified atom stereocenters. The molecule has 0 aliphatic heterocycles. The molecule has 0 aromatic heterocycles. The minimum atomic E-state index is -0.114. The van der Waals surface area contributed by atoms with Crippen molar-refractivity contribution < 1.29 is 9.53 Å². The molecule has 1 aliphatic carbocycles. The molecule has 1 atom stereocenters. The number of hydrogen-bond acceptors (Lipinski definition) is 2. The first kappa shape index (κ1) is 11.7. The van der Waals surface area contributed by atoms with Gasteiger partial charge in [0.25, 0.3) is 0 Å². The number of Topliss-reactive ketones (excluding diaryl/α,β-unsaturated/α-hetero) is 1. The van der Waals surface area contributed by atoms with Crippen molar-refractivity contribution in [3.8, 4) is 0 Å². The van der Waals surface area contributed by atoms with Gasteiger partial charge >= 0.3 is 0 Å².